The Bertz CT molecular complexity index is 378. The maximum atomic E-state index is 13.6. The quantitative estimate of drug-likeness (QED) is 0.774. The Balaban J connectivity index is 2.78. The van der Waals surface area contributed by atoms with Crippen LogP contribution in [0.1, 0.15) is 40.0 Å². The van der Waals surface area contributed by atoms with Crippen LogP contribution in [0.25, 0.3) is 0 Å². The zero-order valence-electron chi connectivity index (χ0n) is 11.9. The molecule has 2 unspecified atom stereocenters. The summed E-state index contributed by atoms with van der Waals surface area (Å²) < 4.78 is 32.2. The van der Waals surface area contributed by atoms with Gasteiger partial charge in [-0.3, -0.25) is 0 Å². The van der Waals surface area contributed by atoms with Gasteiger partial charge in [-0.1, -0.05) is 27.2 Å². The summed E-state index contributed by atoms with van der Waals surface area (Å²) in [6.45, 7) is 6.99. The van der Waals surface area contributed by atoms with Crippen molar-refractivity contribution in [3.63, 3.8) is 0 Å². The van der Waals surface area contributed by atoms with Crippen molar-refractivity contribution >= 4 is 0 Å². The molecule has 0 heterocycles. The highest BCUT2D eigenvalue weighted by Crippen LogP contribution is 2.21. The van der Waals surface area contributed by atoms with Crippen LogP contribution in [0.3, 0.4) is 0 Å². The molecule has 0 aliphatic rings. The molecule has 108 valence electrons. The first-order chi connectivity index (χ1) is 9.12. The molecular weight excluding hydrogens is 248 g/mol. The maximum Gasteiger partial charge on any atom is 0.167 e. The second kappa shape index (κ2) is 8.10. The van der Waals surface area contributed by atoms with E-state index in [-0.39, 0.29) is 17.9 Å². The molecule has 19 heavy (non-hydrogen) atoms. The van der Waals surface area contributed by atoms with Gasteiger partial charge in [-0.15, -0.1) is 0 Å². The van der Waals surface area contributed by atoms with Crippen LogP contribution in [0.5, 0.6) is 5.75 Å². The zero-order valence-corrected chi connectivity index (χ0v) is 11.9. The number of hydrogen-bond donors (Lipinski definition) is 1. The van der Waals surface area contributed by atoms with E-state index in [0.29, 0.717) is 0 Å². The first kappa shape index (κ1) is 15.9. The summed E-state index contributed by atoms with van der Waals surface area (Å²) in [6, 6.07) is 3.60. The monoisotopic (exact) mass is 271 g/mol. The van der Waals surface area contributed by atoms with Crippen LogP contribution >= 0.6 is 0 Å². The highest BCUT2D eigenvalue weighted by atomic mass is 19.1. The number of nitrogens with one attached hydrogen (secondary N) is 1. The van der Waals surface area contributed by atoms with Crippen LogP contribution in [0.15, 0.2) is 18.2 Å². The SMILES string of the molecule is CCCC(NCC)C(CC)Oc1ccc(F)cc1F. The van der Waals surface area contributed by atoms with E-state index in [1.807, 2.05) is 13.8 Å². The van der Waals surface area contributed by atoms with E-state index in [2.05, 4.69) is 12.2 Å². The van der Waals surface area contributed by atoms with Crippen LogP contribution in [-0.2, 0) is 0 Å². The summed E-state index contributed by atoms with van der Waals surface area (Å²) in [4.78, 5) is 0. The van der Waals surface area contributed by atoms with E-state index in [9.17, 15) is 8.78 Å². The van der Waals surface area contributed by atoms with Crippen molar-refractivity contribution in [3.05, 3.63) is 29.8 Å². The van der Waals surface area contributed by atoms with E-state index >= 15 is 0 Å². The highest BCUT2D eigenvalue weighted by Gasteiger charge is 2.21. The largest absolute Gasteiger partial charge is 0.486 e. The standard InChI is InChI=1S/C15H23F2NO/c1-4-7-13(18-6-3)14(5-2)19-15-9-8-11(16)10-12(15)17/h8-10,13-14,18H,4-7H2,1-3H3. The van der Waals surface area contributed by atoms with Crippen LogP contribution in [-0.4, -0.2) is 18.7 Å². The molecule has 2 nitrogen and oxygen atoms in total. The molecule has 0 spiro atoms. The van der Waals surface area contributed by atoms with E-state index in [0.717, 1.165) is 31.9 Å². The summed E-state index contributed by atoms with van der Waals surface area (Å²) in [5, 5.41) is 3.36. The normalized spacial score (nSPS) is 14.2. The van der Waals surface area contributed by atoms with Crippen molar-refractivity contribution in [1.29, 1.82) is 0 Å². The predicted octanol–water partition coefficient (Wildman–Crippen LogP) is 3.90. The van der Waals surface area contributed by atoms with Crippen LogP contribution in [0.2, 0.25) is 0 Å². The number of rotatable bonds is 8. The van der Waals surface area contributed by atoms with Gasteiger partial charge in [-0.2, -0.15) is 0 Å². The molecule has 0 radical (unpaired) electrons. The number of likely N-dealkylation sites (N-methyl/N-ethyl adjacent to an activating group) is 1. The van der Waals surface area contributed by atoms with Crippen molar-refractivity contribution in [2.45, 2.75) is 52.2 Å². The number of halogens is 2. The van der Waals surface area contributed by atoms with Gasteiger partial charge in [-0.05, 0) is 31.5 Å². The molecule has 0 saturated carbocycles. The Hall–Kier alpha value is -1.16. The summed E-state index contributed by atoms with van der Waals surface area (Å²) in [7, 11) is 0. The Morgan fingerprint density at radius 2 is 1.95 bits per heavy atom. The lowest BCUT2D eigenvalue weighted by Crippen LogP contribution is -2.42. The fourth-order valence-electron chi connectivity index (χ4n) is 2.18. The minimum Gasteiger partial charge on any atom is -0.486 e. The molecule has 0 bridgehead atoms. The highest BCUT2D eigenvalue weighted by molar-refractivity contribution is 5.25. The molecule has 0 aromatic heterocycles. The molecule has 1 N–H and O–H groups in total. The maximum absolute atomic E-state index is 13.6. The first-order valence-corrected chi connectivity index (χ1v) is 6.97. The molecule has 0 saturated heterocycles. The van der Waals surface area contributed by atoms with Gasteiger partial charge in [0.25, 0.3) is 0 Å². The first-order valence-electron chi connectivity index (χ1n) is 6.97. The molecule has 1 rings (SSSR count). The topological polar surface area (TPSA) is 21.3 Å². The second-order valence-electron chi connectivity index (χ2n) is 4.59. The van der Waals surface area contributed by atoms with Gasteiger partial charge in [0, 0.05) is 12.1 Å². The lowest BCUT2D eigenvalue weighted by molar-refractivity contribution is 0.137. The fourth-order valence-corrected chi connectivity index (χ4v) is 2.18. The van der Waals surface area contributed by atoms with Crippen molar-refractivity contribution in [1.82, 2.24) is 5.32 Å². The Kier molecular flexibility index (Phi) is 6.78. The number of ether oxygens (including phenoxy) is 1. The molecule has 0 aliphatic carbocycles. The molecule has 0 amide bonds. The minimum atomic E-state index is -0.648. The summed E-state index contributed by atoms with van der Waals surface area (Å²) in [5.41, 5.74) is 0. The molecule has 2 atom stereocenters. The molecule has 0 aliphatic heterocycles. The fraction of sp³-hybridized carbons (Fsp3) is 0.600. The molecular formula is C15H23F2NO. The van der Waals surface area contributed by atoms with E-state index in [1.54, 1.807) is 0 Å². The second-order valence-corrected chi connectivity index (χ2v) is 4.59. The molecule has 0 fully saturated rings. The average molecular weight is 271 g/mol. The van der Waals surface area contributed by atoms with E-state index in [1.165, 1.54) is 12.1 Å². The average Bonchev–Trinajstić information content (AvgIpc) is 2.38. The van der Waals surface area contributed by atoms with Crippen molar-refractivity contribution < 1.29 is 13.5 Å². The molecule has 1 aromatic rings. The molecule has 1 aromatic carbocycles. The summed E-state index contributed by atoms with van der Waals surface area (Å²) >= 11 is 0. The third-order valence-corrected chi connectivity index (χ3v) is 3.09. The number of benzene rings is 1. The minimum absolute atomic E-state index is 0.111. The Labute approximate surface area is 114 Å². The van der Waals surface area contributed by atoms with Crippen LogP contribution in [0, 0.1) is 11.6 Å². The zero-order chi connectivity index (χ0) is 14.3. The lowest BCUT2D eigenvalue weighted by atomic mass is 10.0. The van der Waals surface area contributed by atoms with Crippen molar-refractivity contribution in [2.75, 3.05) is 6.54 Å². The van der Waals surface area contributed by atoms with E-state index < -0.39 is 11.6 Å². The van der Waals surface area contributed by atoms with Gasteiger partial charge in [0.05, 0.1) is 0 Å². The van der Waals surface area contributed by atoms with Gasteiger partial charge < -0.3 is 10.1 Å². The van der Waals surface area contributed by atoms with Crippen molar-refractivity contribution in [3.8, 4) is 5.75 Å². The molecule has 4 heteroatoms. The van der Waals surface area contributed by atoms with E-state index in [4.69, 9.17) is 4.74 Å². The van der Waals surface area contributed by atoms with Gasteiger partial charge in [0.1, 0.15) is 11.9 Å². The summed E-state index contributed by atoms with van der Waals surface area (Å²) in [5.74, 6) is -1.12. The van der Waals surface area contributed by atoms with Crippen molar-refractivity contribution in [2.24, 2.45) is 0 Å². The smallest absolute Gasteiger partial charge is 0.167 e. The van der Waals surface area contributed by atoms with Gasteiger partial charge >= 0.3 is 0 Å². The Morgan fingerprint density at radius 3 is 2.47 bits per heavy atom. The lowest BCUT2D eigenvalue weighted by Gasteiger charge is -2.27. The number of hydrogen-bond acceptors (Lipinski definition) is 2. The Morgan fingerprint density at radius 1 is 1.21 bits per heavy atom. The third kappa shape index (κ3) is 4.78. The van der Waals surface area contributed by atoms with Crippen LogP contribution < -0.4 is 10.1 Å². The van der Waals surface area contributed by atoms with Gasteiger partial charge in [-0.25, -0.2) is 8.78 Å². The van der Waals surface area contributed by atoms with Gasteiger partial charge in [0.15, 0.2) is 11.6 Å². The van der Waals surface area contributed by atoms with Crippen LogP contribution in [0.4, 0.5) is 8.78 Å². The third-order valence-electron chi connectivity index (χ3n) is 3.09. The summed E-state index contributed by atoms with van der Waals surface area (Å²) in [6.07, 6.45) is 2.66. The van der Waals surface area contributed by atoms with Gasteiger partial charge in [0.2, 0.25) is 0 Å². The predicted molar refractivity (Wildman–Crippen MR) is 73.4 cm³/mol.